The summed E-state index contributed by atoms with van der Waals surface area (Å²) in [7, 11) is 0. The molecule has 3 aromatic rings. The van der Waals surface area contributed by atoms with Crippen molar-refractivity contribution in [2.45, 2.75) is 51.5 Å². The Labute approximate surface area is 249 Å². The van der Waals surface area contributed by atoms with Gasteiger partial charge in [0.15, 0.2) is 0 Å². The molecule has 3 N–H and O–H groups in total. The highest BCUT2D eigenvalue weighted by atomic mass is 19.1. The van der Waals surface area contributed by atoms with E-state index in [2.05, 4.69) is 16.0 Å². The van der Waals surface area contributed by atoms with Gasteiger partial charge in [-0.05, 0) is 48.6 Å². The van der Waals surface area contributed by atoms with Crippen LogP contribution in [0.5, 0.6) is 0 Å². The summed E-state index contributed by atoms with van der Waals surface area (Å²) >= 11 is 0. The van der Waals surface area contributed by atoms with Gasteiger partial charge < -0.3 is 30.2 Å². The maximum Gasteiger partial charge on any atom is 0.408 e. The molecule has 0 bridgehead atoms. The van der Waals surface area contributed by atoms with Gasteiger partial charge in [0, 0.05) is 13.0 Å². The Morgan fingerprint density at radius 3 is 1.86 bits per heavy atom. The van der Waals surface area contributed by atoms with Crippen LogP contribution < -0.4 is 16.0 Å². The summed E-state index contributed by atoms with van der Waals surface area (Å²) in [6, 6.07) is 21.6. The minimum Gasteiger partial charge on any atom is -0.464 e. The Hall–Kier alpha value is -4.93. The van der Waals surface area contributed by atoms with Gasteiger partial charge in [0.1, 0.15) is 31.1 Å². The van der Waals surface area contributed by atoms with E-state index < -0.39 is 42.0 Å². The van der Waals surface area contributed by atoms with Gasteiger partial charge in [-0.25, -0.2) is 18.8 Å². The highest BCUT2D eigenvalue weighted by Gasteiger charge is 2.28. The second-order valence-electron chi connectivity index (χ2n) is 9.53. The summed E-state index contributed by atoms with van der Waals surface area (Å²) in [5.41, 5.74) is 2.20. The van der Waals surface area contributed by atoms with Gasteiger partial charge in [-0.1, -0.05) is 72.8 Å². The van der Waals surface area contributed by atoms with Gasteiger partial charge in [0.05, 0.1) is 6.61 Å². The molecule has 0 fully saturated rings. The predicted molar refractivity (Wildman–Crippen MR) is 156 cm³/mol. The minimum absolute atomic E-state index is 0.00809. The molecule has 0 saturated heterocycles. The van der Waals surface area contributed by atoms with Crippen LogP contribution in [0, 0.1) is 5.82 Å². The molecule has 0 heterocycles. The van der Waals surface area contributed by atoms with Gasteiger partial charge in [-0.3, -0.25) is 4.79 Å². The first kappa shape index (κ1) is 32.6. The van der Waals surface area contributed by atoms with Crippen molar-refractivity contribution >= 4 is 24.1 Å². The third-order valence-corrected chi connectivity index (χ3v) is 6.21. The van der Waals surface area contributed by atoms with Crippen LogP contribution in [-0.4, -0.2) is 49.3 Å². The van der Waals surface area contributed by atoms with Gasteiger partial charge in [-0.2, -0.15) is 0 Å². The minimum atomic E-state index is -1.10. The Bertz CT molecular complexity index is 1310. The van der Waals surface area contributed by atoms with Crippen LogP contribution in [0.3, 0.4) is 0 Å². The first-order valence-corrected chi connectivity index (χ1v) is 14.0. The van der Waals surface area contributed by atoms with E-state index in [1.165, 1.54) is 24.3 Å². The van der Waals surface area contributed by atoms with Crippen LogP contribution in [0.2, 0.25) is 0 Å². The molecule has 2 atom stereocenters. The number of esters is 1. The highest BCUT2D eigenvalue weighted by molar-refractivity contribution is 5.89. The fraction of sp³-hybridized carbons (Fsp3) is 0.312. The number of hydrogen-bond acceptors (Lipinski definition) is 7. The van der Waals surface area contributed by atoms with Crippen LogP contribution in [0.4, 0.5) is 14.0 Å². The fourth-order valence-corrected chi connectivity index (χ4v) is 4.01. The number of nitrogens with one attached hydrogen (secondary N) is 3. The lowest BCUT2D eigenvalue weighted by Gasteiger charge is -2.23. The number of ether oxygens (including phenoxy) is 3. The van der Waals surface area contributed by atoms with Crippen molar-refractivity contribution in [1.82, 2.24) is 16.0 Å². The Balaban J connectivity index is 1.60. The number of hydrogen-bond donors (Lipinski definition) is 3. The SMILES string of the molecule is CCOC(=O)[C@H](Cc1ccc(F)cc1)NC(=O)[C@@H](CCCNC(=O)OCc1ccccc1)NC(=O)OCc1ccccc1. The third-order valence-electron chi connectivity index (χ3n) is 6.21. The van der Waals surface area contributed by atoms with Crippen molar-refractivity contribution in [3.8, 4) is 0 Å². The molecule has 0 unspecified atom stereocenters. The van der Waals surface area contributed by atoms with Gasteiger partial charge in [0.2, 0.25) is 5.91 Å². The molecular weight excluding hydrogens is 557 g/mol. The number of alkyl carbamates (subject to hydrolysis) is 2. The Morgan fingerprint density at radius 2 is 1.28 bits per heavy atom. The lowest BCUT2D eigenvalue weighted by atomic mass is 10.0. The van der Waals surface area contributed by atoms with Gasteiger partial charge in [0.25, 0.3) is 0 Å². The van der Waals surface area contributed by atoms with E-state index in [-0.39, 0.29) is 39.2 Å². The topological polar surface area (TPSA) is 132 Å². The lowest BCUT2D eigenvalue weighted by Crippen LogP contribution is -2.52. The van der Waals surface area contributed by atoms with Crippen molar-refractivity contribution < 1.29 is 37.8 Å². The van der Waals surface area contributed by atoms with Crippen molar-refractivity contribution in [2.24, 2.45) is 0 Å². The second-order valence-corrected chi connectivity index (χ2v) is 9.53. The molecule has 3 amide bonds. The van der Waals surface area contributed by atoms with E-state index in [0.29, 0.717) is 12.0 Å². The molecule has 0 aromatic heterocycles. The number of carbonyl (C=O) groups is 4. The Morgan fingerprint density at radius 1 is 0.698 bits per heavy atom. The Kier molecular flexibility index (Phi) is 13.5. The van der Waals surface area contributed by atoms with E-state index >= 15 is 0 Å². The zero-order valence-corrected chi connectivity index (χ0v) is 23.9. The smallest absolute Gasteiger partial charge is 0.408 e. The number of amides is 3. The number of benzene rings is 3. The zero-order chi connectivity index (χ0) is 30.9. The number of carbonyl (C=O) groups excluding carboxylic acids is 4. The summed E-state index contributed by atoms with van der Waals surface area (Å²) in [6.45, 7) is 1.99. The van der Waals surface area contributed by atoms with Gasteiger partial charge in [-0.15, -0.1) is 0 Å². The van der Waals surface area contributed by atoms with E-state index in [4.69, 9.17) is 14.2 Å². The summed E-state index contributed by atoms with van der Waals surface area (Å²) < 4.78 is 29.0. The molecule has 228 valence electrons. The molecule has 0 radical (unpaired) electrons. The molecule has 3 rings (SSSR count). The van der Waals surface area contributed by atoms with Gasteiger partial charge >= 0.3 is 18.2 Å². The van der Waals surface area contributed by atoms with Crippen molar-refractivity contribution in [1.29, 1.82) is 0 Å². The van der Waals surface area contributed by atoms with E-state index in [0.717, 1.165) is 11.1 Å². The summed E-state index contributed by atoms with van der Waals surface area (Å²) in [5.74, 6) is -1.76. The molecule has 0 spiro atoms. The quantitative estimate of drug-likeness (QED) is 0.135. The van der Waals surface area contributed by atoms with Crippen LogP contribution in [-0.2, 0) is 43.4 Å². The summed E-state index contributed by atoms with van der Waals surface area (Å²) in [5, 5.41) is 7.81. The number of halogens is 1. The highest BCUT2D eigenvalue weighted by Crippen LogP contribution is 2.09. The first-order valence-electron chi connectivity index (χ1n) is 14.0. The molecule has 43 heavy (non-hydrogen) atoms. The van der Waals surface area contributed by atoms with E-state index in [9.17, 15) is 23.6 Å². The molecule has 10 nitrogen and oxygen atoms in total. The molecule has 0 aliphatic carbocycles. The zero-order valence-electron chi connectivity index (χ0n) is 23.9. The monoisotopic (exact) mass is 593 g/mol. The van der Waals surface area contributed by atoms with Crippen LogP contribution in [0.1, 0.15) is 36.5 Å². The maximum absolute atomic E-state index is 13.4. The van der Waals surface area contributed by atoms with Crippen molar-refractivity contribution in [2.75, 3.05) is 13.2 Å². The molecular formula is C32H36FN3O7. The number of rotatable bonds is 15. The summed E-state index contributed by atoms with van der Waals surface area (Å²) in [6.07, 6.45) is -1.01. The van der Waals surface area contributed by atoms with E-state index in [1.807, 2.05) is 36.4 Å². The van der Waals surface area contributed by atoms with Crippen molar-refractivity contribution in [3.63, 3.8) is 0 Å². The van der Waals surface area contributed by atoms with Crippen LogP contribution >= 0.6 is 0 Å². The largest absolute Gasteiger partial charge is 0.464 e. The average molecular weight is 594 g/mol. The second kappa shape index (κ2) is 17.8. The average Bonchev–Trinajstić information content (AvgIpc) is 3.02. The third kappa shape index (κ3) is 12.2. The fourth-order valence-electron chi connectivity index (χ4n) is 4.01. The molecule has 0 aliphatic rings. The predicted octanol–water partition coefficient (Wildman–Crippen LogP) is 4.42. The maximum atomic E-state index is 13.4. The summed E-state index contributed by atoms with van der Waals surface area (Å²) in [4.78, 5) is 50.7. The van der Waals surface area contributed by atoms with E-state index in [1.54, 1.807) is 31.2 Å². The molecule has 0 saturated carbocycles. The molecule has 0 aliphatic heterocycles. The molecule has 3 aromatic carbocycles. The van der Waals surface area contributed by atoms with Crippen LogP contribution in [0.25, 0.3) is 0 Å². The normalized spacial score (nSPS) is 11.9. The van der Waals surface area contributed by atoms with Crippen molar-refractivity contribution in [3.05, 3.63) is 107 Å². The molecule has 11 heteroatoms. The lowest BCUT2D eigenvalue weighted by molar-refractivity contribution is -0.147. The first-order chi connectivity index (χ1) is 20.8. The standard InChI is InChI=1S/C32H36FN3O7/c1-2-41-30(38)28(20-23-15-17-26(33)18-16-23)35-29(37)27(36-32(40)43-22-25-12-7-4-8-13-25)14-9-19-34-31(39)42-21-24-10-5-3-6-11-24/h3-8,10-13,15-18,27-28H,2,9,14,19-22H2,1H3,(H,34,39)(H,35,37)(H,36,40)/t27-,28+/m1/s1. The van der Waals surface area contributed by atoms with Crippen LogP contribution in [0.15, 0.2) is 84.9 Å².